The quantitative estimate of drug-likeness (QED) is 0.436. The normalized spacial score (nSPS) is 18.7. The Bertz CT molecular complexity index is 1400. The molecule has 1 saturated heterocycles. The molecule has 0 aliphatic carbocycles. The lowest BCUT2D eigenvalue weighted by Crippen LogP contribution is -2.52. The maximum atomic E-state index is 15.2. The van der Waals surface area contributed by atoms with E-state index in [2.05, 4.69) is 15.0 Å². The maximum Gasteiger partial charge on any atom is 0.296 e. The third-order valence-corrected chi connectivity index (χ3v) is 5.84. The van der Waals surface area contributed by atoms with Crippen molar-refractivity contribution < 1.29 is 28.8 Å². The summed E-state index contributed by atoms with van der Waals surface area (Å²) in [6.45, 7) is 1.80. The molecule has 7 nitrogen and oxygen atoms in total. The zero-order valence-corrected chi connectivity index (χ0v) is 18.6. The van der Waals surface area contributed by atoms with Crippen molar-refractivity contribution in [2.45, 2.75) is 25.4 Å². The number of alkyl halides is 2. The molecule has 1 fully saturated rings. The maximum absolute atomic E-state index is 15.2. The molecule has 1 aliphatic heterocycles. The zero-order chi connectivity index (χ0) is 24.7. The highest BCUT2D eigenvalue weighted by Gasteiger charge is 2.45. The number of fused-ring (bicyclic) bond motifs is 2. The van der Waals surface area contributed by atoms with Gasteiger partial charge in [0.15, 0.2) is 17.7 Å². The number of benzene rings is 2. The molecule has 0 radical (unpaired) electrons. The molecule has 34 heavy (non-hydrogen) atoms. The van der Waals surface area contributed by atoms with Crippen LogP contribution in [0.15, 0.2) is 36.7 Å². The number of nitrogens with one attached hydrogen (secondary N) is 1. The standard InChI is InChI=1S/C24H23F3N4O3/c1-13-8-15-16(30-13)4-5-18(22(15)25)34-23-21-17(28-12-29-23)9-14(32-3)10-19(21)33-20-6-7-31(2)11-24(20,26)27/h4-5,8-10,12,20,30H,6-7,11H2,1-3H3/t20-/m0/s1/i3D. The molecule has 2 aromatic carbocycles. The fraction of sp³-hybridized carbons (Fsp3) is 0.333. The number of ether oxygens (including phenoxy) is 3. The molecule has 4 aromatic rings. The minimum atomic E-state index is -3.11. The van der Waals surface area contributed by atoms with Gasteiger partial charge in [0.1, 0.15) is 23.2 Å². The molecule has 0 amide bonds. The van der Waals surface area contributed by atoms with Gasteiger partial charge in [-0.3, -0.25) is 0 Å². The fourth-order valence-corrected chi connectivity index (χ4v) is 4.21. The van der Waals surface area contributed by atoms with Crippen LogP contribution in [-0.4, -0.2) is 59.1 Å². The smallest absolute Gasteiger partial charge is 0.296 e. The second-order valence-electron chi connectivity index (χ2n) is 8.43. The van der Waals surface area contributed by atoms with Gasteiger partial charge in [-0.25, -0.2) is 23.1 Å². The number of likely N-dealkylation sites (tertiary alicyclic amines) is 1. The first-order valence-electron chi connectivity index (χ1n) is 11.4. The second kappa shape index (κ2) is 8.35. The van der Waals surface area contributed by atoms with Crippen molar-refractivity contribution >= 4 is 21.8 Å². The number of nitrogens with zero attached hydrogens (tertiary/aromatic N) is 3. The van der Waals surface area contributed by atoms with Gasteiger partial charge < -0.3 is 24.1 Å². The number of aromatic amines is 1. The summed E-state index contributed by atoms with van der Waals surface area (Å²) in [5, 5.41) is 0.552. The summed E-state index contributed by atoms with van der Waals surface area (Å²) >= 11 is 0. The minimum Gasteiger partial charge on any atom is -0.497 e. The lowest BCUT2D eigenvalue weighted by molar-refractivity contribution is -0.134. The number of hydrogen-bond donors (Lipinski definition) is 1. The average Bonchev–Trinajstić information content (AvgIpc) is 3.18. The van der Waals surface area contributed by atoms with E-state index >= 15 is 4.39 Å². The molecular weight excluding hydrogens is 449 g/mol. The highest BCUT2D eigenvalue weighted by atomic mass is 19.3. The molecule has 1 aliphatic rings. The van der Waals surface area contributed by atoms with Crippen LogP contribution in [0.1, 0.15) is 13.5 Å². The van der Waals surface area contributed by atoms with Crippen molar-refractivity contribution in [3.8, 4) is 23.1 Å². The number of rotatable bonds is 5. The van der Waals surface area contributed by atoms with E-state index in [1.807, 2.05) is 6.92 Å². The summed E-state index contributed by atoms with van der Waals surface area (Å²) in [5.41, 5.74) is 1.69. The van der Waals surface area contributed by atoms with E-state index in [4.69, 9.17) is 15.6 Å². The number of H-pyrrole nitrogens is 1. The highest BCUT2D eigenvalue weighted by molar-refractivity contribution is 5.91. The lowest BCUT2D eigenvalue weighted by atomic mass is 10.0. The molecule has 0 bridgehead atoms. The van der Waals surface area contributed by atoms with Crippen molar-refractivity contribution in [2.75, 3.05) is 27.2 Å². The molecule has 10 heteroatoms. The number of aryl methyl sites for hydroxylation is 1. The van der Waals surface area contributed by atoms with Crippen molar-refractivity contribution in [2.24, 2.45) is 0 Å². The van der Waals surface area contributed by atoms with Crippen molar-refractivity contribution in [3.63, 3.8) is 0 Å². The highest BCUT2D eigenvalue weighted by Crippen LogP contribution is 2.41. The summed E-state index contributed by atoms with van der Waals surface area (Å²) in [6, 6.07) is 7.73. The summed E-state index contributed by atoms with van der Waals surface area (Å²) in [4.78, 5) is 12.9. The van der Waals surface area contributed by atoms with Crippen molar-refractivity contribution in [1.82, 2.24) is 19.9 Å². The first-order valence-corrected chi connectivity index (χ1v) is 10.6. The van der Waals surface area contributed by atoms with Crippen molar-refractivity contribution in [1.29, 1.82) is 0 Å². The topological polar surface area (TPSA) is 72.5 Å². The van der Waals surface area contributed by atoms with E-state index in [-0.39, 0.29) is 47.5 Å². The Labute approximate surface area is 194 Å². The van der Waals surface area contributed by atoms with E-state index < -0.39 is 24.4 Å². The van der Waals surface area contributed by atoms with Crippen LogP contribution in [0.2, 0.25) is 0 Å². The van der Waals surface area contributed by atoms with E-state index in [9.17, 15) is 8.78 Å². The van der Waals surface area contributed by atoms with Gasteiger partial charge >= 0.3 is 0 Å². The number of methoxy groups -OCH3 is 1. The summed E-state index contributed by atoms with van der Waals surface area (Å²) < 4.78 is 69.0. The predicted molar refractivity (Wildman–Crippen MR) is 121 cm³/mol. The summed E-state index contributed by atoms with van der Waals surface area (Å²) in [6.07, 6.45) is -0.0964. The molecule has 0 unspecified atom stereocenters. The number of piperidine rings is 1. The van der Waals surface area contributed by atoms with Crippen LogP contribution in [0.25, 0.3) is 21.8 Å². The third kappa shape index (κ3) is 3.98. The summed E-state index contributed by atoms with van der Waals surface area (Å²) in [5.74, 6) is -3.60. The molecule has 178 valence electrons. The fourth-order valence-electron chi connectivity index (χ4n) is 4.21. The Kier molecular flexibility index (Phi) is 5.17. The monoisotopic (exact) mass is 473 g/mol. The van der Waals surface area contributed by atoms with Crippen molar-refractivity contribution in [3.05, 3.63) is 48.2 Å². The van der Waals surface area contributed by atoms with E-state index in [1.165, 1.54) is 29.4 Å². The minimum absolute atomic E-state index is 0.00903. The molecule has 0 saturated carbocycles. The van der Waals surface area contributed by atoms with Gasteiger partial charge in [0.05, 0.1) is 20.5 Å². The van der Waals surface area contributed by atoms with Gasteiger partial charge in [-0.2, -0.15) is 0 Å². The van der Waals surface area contributed by atoms with Crippen LogP contribution in [-0.2, 0) is 0 Å². The Hall–Kier alpha value is -3.53. The first-order chi connectivity index (χ1) is 16.7. The molecule has 0 spiro atoms. The number of halogens is 3. The third-order valence-electron chi connectivity index (χ3n) is 5.84. The molecule has 1 N–H and O–H groups in total. The van der Waals surface area contributed by atoms with Gasteiger partial charge in [0, 0.05) is 41.7 Å². The Balaban J connectivity index is 1.59. The Morgan fingerprint density at radius 3 is 2.85 bits per heavy atom. The zero-order valence-electron chi connectivity index (χ0n) is 19.6. The van der Waals surface area contributed by atoms with Crippen LogP contribution < -0.4 is 14.2 Å². The largest absolute Gasteiger partial charge is 0.497 e. The summed E-state index contributed by atoms with van der Waals surface area (Å²) in [7, 11) is 1.24. The van der Waals surface area contributed by atoms with Gasteiger partial charge in [0.25, 0.3) is 5.92 Å². The van der Waals surface area contributed by atoms with Gasteiger partial charge in [0.2, 0.25) is 5.88 Å². The molecule has 3 heterocycles. The van der Waals surface area contributed by atoms with Crippen LogP contribution in [0, 0.1) is 12.7 Å². The predicted octanol–water partition coefficient (Wildman–Crippen LogP) is 5.08. The van der Waals surface area contributed by atoms with Crippen LogP contribution in [0.4, 0.5) is 13.2 Å². The molecular formula is C24H23F3N4O3. The molecule has 2 aromatic heterocycles. The Morgan fingerprint density at radius 1 is 1.21 bits per heavy atom. The number of hydrogen-bond acceptors (Lipinski definition) is 6. The lowest BCUT2D eigenvalue weighted by Gasteiger charge is -2.36. The average molecular weight is 473 g/mol. The molecule has 1 atom stereocenters. The first kappa shape index (κ1) is 21.0. The van der Waals surface area contributed by atoms with Crippen LogP contribution in [0.3, 0.4) is 0 Å². The molecule has 5 rings (SSSR count). The van der Waals surface area contributed by atoms with E-state index in [0.717, 1.165) is 5.69 Å². The van der Waals surface area contributed by atoms with Gasteiger partial charge in [-0.1, -0.05) is 0 Å². The second-order valence-corrected chi connectivity index (χ2v) is 8.43. The van der Waals surface area contributed by atoms with Gasteiger partial charge in [-0.05, 0) is 32.2 Å². The van der Waals surface area contributed by atoms with Crippen LogP contribution >= 0.6 is 0 Å². The van der Waals surface area contributed by atoms with E-state index in [0.29, 0.717) is 17.4 Å². The van der Waals surface area contributed by atoms with Crippen LogP contribution in [0.5, 0.6) is 23.1 Å². The van der Waals surface area contributed by atoms with E-state index in [1.54, 1.807) is 19.2 Å². The Morgan fingerprint density at radius 2 is 2.06 bits per heavy atom. The SMILES string of the molecule is [2H]COc1cc(O[C@H]2CCN(C)CC2(F)F)c2c(Oc3ccc4[nH]c(C)cc4c3F)ncnc2c1. The van der Waals surface area contributed by atoms with Gasteiger partial charge in [-0.15, -0.1) is 0 Å². The number of aromatic nitrogens is 3.